The van der Waals surface area contributed by atoms with E-state index in [0.29, 0.717) is 36.9 Å². The molecule has 0 spiro atoms. The zero-order chi connectivity index (χ0) is 18.9. The molecule has 0 fully saturated rings. The summed E-state index contributed by atoms with van der Waals surface area (Å²) in [6.07, 6.45) is 8.71. The zero-order valence-corrected chi connectivity index (χ0v) is 15.0. The van der Waals surface area contributed by atoms with Crippen LogP contribution in [0, 0.1) is 0 Å². The molecule has 138 valence electrons. The Kier molecular flexibility index (Phi) is 4.10. The monoisotopic (exact) mass is 371 g/mol. The molecule has 3 aromatic rings. The van der Waals surface area contributed by atoms with Gasteiger partial charge < -0.3 is 9.47 Å². The topological polar surface area (TPSA) is 64.5 Å². The lowest BCUT2D eigenvalue weighted by atomic mass is 10.0. The molecule has 0 saturated carbocycles. The Bertz CT molecular complexity index is 1070. The number of carbonyl (C=O) groups is 1. The smallest absolute Gasteiger partial charge is 0.231 e. The number of nitrogens with zero attached hydrogens (tertiary/aromatic N) is 3. The first-order valence-corrected chi connectivity index (χ1v) is 9.02. The van der Waals surface area contributed by atoms with Gasteiger partial charge in [-0.15, -0.1) is 0 Å². The second-order valence-electron chi connectivity index (χ2n) is 6.77. The molecule has 4 heterocycles. The number of Topliss-reactive ketones (excluding diaryl/α,β-unsaturated/α-hetero) is 1. The van der Waals surface area contributed by atoms with Gasteiger partial charge in [0.25, 0.3) is 0 Å². The van der Waals surface area contributed by atoms with Gasteiger partial charge in [0.1, 0.15) is 18.2 Å². The van der Waals surface area contributed by atoms with E-state index >= 15 is 0 Å². The molecular weight excluding hydrogens is 354 g/mol. The molecule has 28 heavy (non-hydrogen) atoms. The van der Waals surface area contributed by atoms with Crippen LogP contribution in [0.2, 0.25) is 0 Å². The van der Waals surface area contributed by atoms with Crippen LogP contribution >= 0.6 is 0 Å². The van der Waals surface area contributed by atoms with Gasteiger partial charge in [0.15, 0.2) is 5.76 Å². The molecule has 1 aromatic carbocycles. The van der Waals surface area contributed by atoms with E-state index < -0.39 is 0 Å². The molecule has 0 aliphatic carbocycles. The van der Waals surface area contributed by atoms with E-state index in [2.05, 4.69) is 14.9 Å². The van der Waals surface area contributed by atoms with Gasteiger partial charge in [-0.1, -0.05) is 12.1 Å². The number of aromatic nitrogens is 2. The molecule has 2 aliphatic rings. The molecule has 2 aliphatic heterocycles. The van der Waals surface area contributed by atoms with Crippen LogP contribution in [0.3, 0.4) is 0 Å². The quantitative estimate of drug-likeness (QED) is 0.657. The second kappa shape index (κ2) is 6.90. The van der Waals surface area contributed by atoms with E-state index in [0.717, 1.165) is 22.4 Å². The third-order valence-electron chi connectivity index (χ3n) is 4.79. The number of hydrogen-bond donors (Lipinski definition) is 0. The number of ketones is 1. The average Bonchev–Trinajstić information content (AvgIpc) is 3.05. The van der Waals surface area contributed by atoms with Crippen LogP contribution < -0.4 is 9.47 Å². The van der Waals surface area contributed by atoms with Crippen LogP contribution in [0.15, 0.2) is 66.9 Å². The van der Waals surface area contributed by atoms with Crippen molar-refractivity contribution in [1.82, 2.24) is 14.9 Å². The van der Waals surface area contributed by atoms with Gasteiger partial charge in [0.05, 0.1) is 11.1 Å². The molecule has 6 nitrogen and oxygen atoms in total. The highest BCUT2D eigenvalue weighted by atomic mass is 16.5. The number of hydrogen-bond acceptors (Lipinski definition) is 6. The Hall–Kier alpha value is -3.51. The molecule has 0 saturated heterocycles. The molecule has 2 aromatic heterocycles. The summed E-state index contributed by atoms with van der Waals surface area (Å²) in [7, 11) is 0. The van der Waals surface area contributed by atoms with Crippen LogP contribution in [0.4, 0.5) is 0 Å². The lowest BCUT2D eigenvalue weighted by Gasteiger charge is -2.29. The van der Waals surface area contributed by atoms with Crippen molar-refractivity contribution in [3.05, 3.63) is 89.2 Å². The summed E-state index contributed by atoms with van der Waals surface area (Å²) in [5, 5.41) is 0. The summed E-state index contributed by atoms with van der Waals surface area (Å²) in [6.45, 7) is 1.83. The zero-order valence-electron chi connectivity index (χ0n) is 15.0. The molecule has 6 heteroatoms. The Balaban J connectivity index is 1.44. The first-order valence-electron chi connectivity index (χ1n) is 9.02. The van der Waals surface area contributed by atoms with E-state index in [4.69, 9.17) is 9.47 Å². The second-order valence-corrected chi connectivity index (χ2v) is 6.77. The summed E-state index contributed by atoms with van der Waals surface area (Å²) in [6, 6.07) is 11.3. The maximum Gasteiger partial charge on any atom is 0.231 e. The minimum absolute atomic E-state index is 0.119. The molecule has 0 N–H and O–H groups in total. The van der Waals surface area contributed by atoms with Crippen molar-refractivity contribution >= 4 is 11.9 Å². The van der Waals surface area contributed by atoms with Gasteiger partial charge in [0.2, 0.25) is 5.78 Å². The maximum absolute atomic E-state index is 12.8. The van der Waals surface area contributed by atoms with Crippen LogP contribution in [0.5, 0.6) is 11.5 Å². The Labute approximate surface area is 162 Å². The van der Waals surface area contributed by atoms with Gasteiger partial charge in [-0.05, 0) is 41.5 Å². The standard InChI is InChI=1S/C22H17N3O3/c26-21-17-5-6-19-18(13-25(14-27-19)12-16-4-2-8-24-11-16)22(17)28-20(21)9-15-3-1-7-23-10-15/h1-11H,12-14H2/b20-9-. The molecule has 0 atom stereocenters. The lowest BCUT2D eigenvalue weighted by Crippen LogP contribution is -2.31. The van der Waals surface area contributed by atoms with Gasteiger partial charge in [-0.2, -0.15) is 0 Å². The van der Waals surface area contributed by atoms with Crippen molar-refractivity contribution < 1.29 is 14.3 Å². The van der Waals surface area contributed by atoms with Crippen molar-refractivity contribution in [2.45, 2.75) is 13.1 Å². The highest BCUT2D eigenvalue weighted by Gasteiger charge is 2.33. The van der Waals surface area contributed by atoms with Crippen molar-refractivity contribution in [3.8, 4) is 11.5 Å². The Morgan fingerprint density at radius 1 is 1.07 bits per heavy atom. The molecule has 0 amide bonds. The fourth-order valence-corrected chi connectivity index (χ4v) is 3.47. The predicted octanol–water partition coefficient (Wildman–Crippen LogP) is 3.44. The summed E-state index contributed by atoms with van der Waals surface area (Å²) < 4.78 is 11.9. The fraction of sp³-hybridized carbons (Fsp3) is 0.136. The molecule has 5 rings (SSSR count). The SMILES string of the molecule is O=C1/C(=C/c2cccnc2)Oc2c1ccc1c2CN(Cc2cccnc2)CO1. The van der Waals surface area contributed by atoms with Gasteiger partial charge >= 0.3 is 0 Å². The van der Waals surface area contributed by atoms with E-state index in [1.807, 2.05) is 36.5 Å². The van der Waals surface area contributed by atoms with E-state index in [1.165, 1.54) is 0 Å². The minimum atomic E-state index is -0.119. The van der Waals surface area contributed by atoms with E-state index in [-0.39, 0.29) is 5.78 Å². The highest BCUT2D eigenvalue weighted by molar-refractivity contribution is 6.15. The Morgan fingerprint density at radius 2 is 1.93 bits per heavy atom. The largest absolute Gasteiger partial charge is 0.478 e. The Morgan fingerprint density at radius 3 is 2.71 bits per heavy atom. The molecule has 0 bridgehead atoms. The number of pyridine rings is 2. The number of fused-ring (bicyclic) bond motifs is 3. The summed E-state index contributed by atoms with van der Waals surface area (Å²) in [5.41, 5.74) is 3.40. The predicted molar refractivity (Wildman–Crippen MR) is 103 cm³/mol. The summed E-state index contributed by atoms with van der Waals surface area (Å²) in [5.74, 6) is 1.54. The van der Waals surface area contributed by atoms with Crippen LogP contribution in [-0.2, 0) is 13.1 Å². The molecular formula is C22H17N3O3. The normalized spacial score (nSPS) is 17.0. The third-order valence-corrected chi connectivity index (χ3v) is 4.79. The average molecular weight is 371 g/mol. The number of rotatable bonds is 3. The summed E-state index contributed by atoms with van der Waals surface area (Å²) >= 11 is 0. The minimum Gasteiger partial charge on any atom is -0.478 e. The first kappa shape index (κ1) is 16.6. The number of carbonyl (C=O) groups excluding carboxylic acids is 1. The molecule has 0 unspecified atom stereocenters. The number of allylic oxidation sites excluding steroid dienone is 1. The van der Waals surface area contributed by atoms with E-state index in [1.54, 1.807) is 30.7 Å². The van der Waals surface area contributed by atoms with Crippen LogP contribution in [0.1, 0.15) is 27.0 Å². The van der Waals surface area contributed by atoms with Crippen molar-refractivity contribution in [2.24, 2.45) is 0 Å². The first-order chi connectivity index (χ1) is 13.8. The van der Waals surface area contributed by atoms with E-state index in [9.17, 15) is 4.79 Å². The number of benzene rings is 1. The van der Waals surface area contributed by atoms with Gasteiger partial charge in [0, 0.05) is 37.9 Å². The van der Waals surface area contributed by atoms with Crippen LogP contribution in [-0.4, -0.2) is 27.4 Å². The van der Waals surface area contributed by atoms with Crippen molar-refractivity contribution in [2.75, 3.05) is 6.73 Å². The summed E-state index contributed by atoms with van der Waals surface area (Å²) in [4.78, 5) is 23.2. The lowest BCUT2D eigenvalue weighted by molar-refractivity contribution is 0.0872. The molecule has 0 radical (unpaired) electrons. The van der Waals surface area contributed by atoms with Crippen LogP contribution in [0.25, 0.3) is 6.08 Å². The fourth-order valence-electron chi connectivity index (χ4n) is 3.47. The number of ether oxygens (including phenoxy) is 2. The third kappa shape index (κ3) is 3.04. The maximum atomic E-state index is 12.8. The highest BCUT2D eigenvalue weighted by Crippen LogP contribution is 2.42. The van der Waals surface area contributed by atoms with Gasteiger partial charge in [-0.3, -0.25) is 19.7 Å². The van der Waals surface area contributed by atoms with Crippen molar-refractivity contribution in [3.63, 3.8) is 0 Å². The van der Waals surface area contributed by atoms with Crippen molar-refractivity contribution in [1.29, 1.82) is 0 Å². The van der Waals surface area contributed by atoms with Gasteiger partial charge in [-0.25, -0.2) is 0 Å².